The summed E-state index contributed by atoms with van der Waals surface area (Å²) in [5.41, 5.74) is -18.8. The van der Waals surface area contributed by atoms with Crippen molar-refractivity contribution in [2.45, 2.75) is 87.0 Å². The van der Waals surface area contributed by atoms with Crippen molar-refractivity contribution >= 4 is 11.9 Å². The predicted octanol–water partition coefficient (Wildman–Crippen LogP) is 5.87. The average molecular weight is 694 g/mol. The van der Waals surface area contributed by atoms with Crippen molar-refractivity contribution in [2.75, 3.05) is 27.4 Å². The second kappa shape index (κ2) is 12.5. The molecule has 0 aromatic heterocycles. The van der Waals surface area contributed by atoms with Crippen LogP contribution in [0.4, 0.5) is 70.2 Å². The molecule has 0 aliphatic heterocycles. The molecule has 0 aliphatic carbocycles. The Labute approximate surface area is 235 Å². The number of carbonyl (C=O) groups excluding carboxylic acids is 2. The van der Waals surface area contributed by atoms with Gasteiger partial charge in [0.2, 0.25) is 0 Å². The fourth-order valence-corrected chi connectivity index (χ4v) is 2.49. The van der Waals surface area contributed by atoms with E-state index in [2.05, 4.69) is 28.4 Å². The van der Waals surface area contributed by atoms with E-state index in [1.165, 1.54) is 0 Å². The van der Waals surface area contributed by atoms with Crippen LogP contribution < -0.4 is 0 Å². The van der Waals surface area contributed by atoms with E-state index in [-0.39, 0.29) is 28.1 Å². The van der Waals surface area contributed by atoms with Gasteiger partial charge in [-0.3, -0.25) is 9.47 Å². The molecule has 0 spiro atoms. The third kappa shape index (κ3) is 8.27. The Morgan fingerprint density at radius 3 is 0.841 bits per heavy atom. The van der Waals surface area contributed by atoms with Crippen molar-refractivity contribution in [1.29, 1.82) is 0 Å². The number of methoxy groups -OCH3 is 2. The van der Waals surface area contributed by atoms with Gasteiger partial charge in [0.15, 0.2) is 11.2 Å². The van der Waals surface area contributed by atoms with E-state index in [1.807, 2.05) is 0 Å². The van der Waals surface area contributed by atoms with E-state index >= 15 is 0 Å². The Morgan fingerprint density at radius 1 is 0.455 bits per heavy atom. The zero-order valence-corrected chi connectivity index (χ0v) is 22.7. The minimum absolute atomic E-state index is 0.261. The largest absolute Gasteiger partial charge is 0.467 e. The molecule has 0 saturated heterocycles. The molecule has 0 N–H and O–H groups in total. The molecular formula is C20H22F16O8. The van der Waals surface area contributed by atoms with E-state index in [9.17, 15) is 79.8 Å². The van der Waals surface area contributed by atoms with E-state index in [4.69, 9.17) is 0 Å². The Hall–Kier alpha value is -2.34. The lowest BCUT2D eigenvalue weighted by atomic mass is 10.0. The maximum atomic E-state index is 14.4. The fourth-order valence-electron chi connectivity index (χ4n) is 2.49. The van der Waals surface area contributed by atoms with Gasteiger partial charge in [0.1, 0.15) is 0 Å². The zero-order valence-electron chi connectivity index (χ0n) is 22.7. The third-order valence-corrected chi connectivity index (χ3v) is 5.75. The van der Waals surface area contributed by atoms with Crippen molar-refractivity contribution in [1.82, 2.24) is 0 Å². The first kappa shape index (κ1) is 41.7. The smallest absolute Gasteiger partial charge is 0.449 e. The molecule has 0 radical (unpaired) electrons. The Bertz CT molecular complexity index is 943. The molecule has 0 rings (SSSR count). The monoisotopic (exact) mass is 694 g/mol. The standard InChI is InChI=1S/C20H22F16O8/c1-11(15(21,22)23,7-41-13(3,9(37)39-5)17(27,28)29)43-19(33,34)20(35,36)44-12(2,16(24,25)26)8-42-14(4,10(38)40-6)18(30,31)32/h7-8H2,1-6H3. The van der Waals surface area contributed by atoms with Crippen LogP contribution in [0.15, 0.2) is 0 Å². The summed E-state index contributed by atoms with van der Waals surface area (Å²) in [5.74, 6) is -4.93. The van der Waals surface area contributed by atoms with Crippen molar-refractivity contribution in [3.63, 3.8) is 0 Å². The molecule has 0 amide bonds. The minimum atomic E-state index is -6.91. The maximum absolute atomic E-state index is 14.4. The highest BCUT2D eigenvalue weighted by molar-refractivity contribution is 5.80. The SMILES string of the molecule is COC(=O)C(C)(OCC(C)(OC(F)(F)C(F)(F)OC(C)(COC(C)(C(=O)OC)C(F)(F)F)C(F)(F)F)C(F)(F)F)C(F)(F)F. The molecule has 0 aromatic carbocycles. The van der Waals surface area contributed by atoms with Crippen molar-refractivity contribution in [3.05, 3.63) is 0 Å². The Kier molecular flexibility index (Phi) is 11.8. The third-order valence-electron chi connectivity index (χ3n) is 5.75. The van der Waals surface area contributed by atoms with Crippen LogP contribution in [0.5, 0.6) is 0 Å². The van der Waals surface area contributed by atoms with Crippen LogP contribution in [0, 0.1) is 0 Å². The number of rotatable bonds is 13. The van der Waals surface area contributed by atoms with Gasteiger partial charge in [-0.05, 0) is 27.7 Å². The first-order valence-electron chi connectivity index (χ1n) is 10.9. The normalized spacial score (nSPS) is 19.7. The summed E-state index contributed by atoms with van der Waals surface area (Å²) in [6.07, 6.45) is -38.5. The summed E-state index contributed by atoms with van der Waals surface area (Å²) in [6.45, 7) is -7.52. The first-order chi connectivity index (χ1) is 19.0. The Morgan fingerprint density at radius 2 is 0.682 bits per heavy atom. The maximum Gasteiger partial charge on any atom is 0.449 e. The molecule has 24 heteroatoms. The highest BCUT2D eigenvalue weighted by Gasteiger charge is 2.72. The zero-order chi connectivity index (χ0) is 35.8. The van der Waals surface area contributed by atoms with E-state index in [0.717, 1.165) is 0 Å². The van der Waals surface area contributed by atoms with E-state index < -0.39 is 98.3 Å². The lowest BCUT2D eigenvalue weighted by Crippen LogP contribution is -2.63. The number of hydrogen-bond donors (Lipinski definition) is 0. The predicted molar refractivity (Wildman–Crippen MR) is 106 cm³/mol. The molecule has 0 fully saturated rings. The van der Waals surface area contributed by atoms with Crippen LogP contribution in [0.25, 0.3) is 0 Å². The summed E-state index contributed by atoms with van der Waals surface area (Å²) in [5, 5.41) is 0. The number of ether oxygens (including phenoxy) is 6. The number of alkyl halides is 16. The van der Waals surface area contributed by atoms with Crippen LogP contribution in [-0.4, -0.2) is 98.7 Å². The van der Waals surface area contributed by atoms with Gasteiger partial charge in [0.05, 0.1) is 27.4 Å². The van der Waals surface area contributed by atoms with Crippen LogP contribution in [0.3, 0.4) is 0 Å². The van der Waals surface area contributed by atoms with Crippen molar-refractivity contribution in [3.8, 4) is 0 Å². The molecule has 4 atom stereocenters. The summed E-state index contributed by atoms with van der Waals surface area (Å²) in [4.78, 5) is 23.0. The molecule has 0 aliphatic rings. The van der Waals surface area contributed by atoms with E-state index in [0.29, 0.717) is 0 Å². The van der Waals surface area contributed by atoms with Gasteiger partial charge in [0, 0.05) is 0 Å². The first-order valence-corrected chi connectivity index (χ1v) is 10.9. The molecule has 262 valence electrons. The molecule has 0 heterocycles. The molecule has 44 heavy (non-hydrogen) atoms. The fraction of sp³-hybridized carbons (Fsp3) is 0.900. The minimum Gasteiger partial charge on any atom is -0.467 e. The highest BCUT2D eigenvalue weighted by Crippen LogP contribution is 2.49. The lowest BCUT2D eigenvalue weighted by Gasteiger charge is -2.42. The number of esters is 2. The topological polar surface area (TPSA) is 89.5 Å². The molecule has 0 bridgehead atoms. The van der Waals surface area contributed by atoms with Gasteiger partial charge in [-0.1, -0.05) is 0 Å². The van der Waals surface area contributed by atoms with Gasteiger partial charge in [-0.15, -0.1) is 0 Å². The van der Waals surface area contributed by atoms with Crippen LogP contribution in [-0.2, 0) is 38.0 Å². The van der Waals surface area contributed by atoms with Gasteiger partial charge < -0.3 is 18.9 Å². The second-order valence-corrected chi connectivity index (χ2v) is 9.32. The quantitative estimate of drug-likeness (QED) is 0.175. The number of carbonyl (C=O) groups is 2. The van der Waals surface area contributed by atoms with Crippen LogP contribution >= 0.6 is 0 Å². The van der Waals surface area contributed by atoms with Crippen LogP contribution in [0.1, 0.15) is 27.7 Å². The lowest BCUT2D eigenvalue weighted by molar-refractivity contribution is -0.500. The second-order valence-electron chi connectivity index (χ2n) is 9.32. The van der Waals surface area contributed by atoms with Crippen LogP contribution in [0.2, 0.25) is 0 Å². The summed E-state index contributed by atoms with van der Waals surface area (Å²) < 4.78 is 240. The van der Waals surface area contributed by atoms with Crippen molar-refractivity contribution < 1.29 is 108 Å². The number of hydrogen-bond acceptors (Lipinski definition) is 8. The summed E-state index contributed by atoms with van der Waals surface area (Å²) in [7, 11) is 0.566. The summed E-state index contributed by atoms with van der Waals surface area (Å²) in [6, 6.07) is 0. The van der Waals surface area contributed by atoms with Crippen molar-refractivity contribution in [2.24, 2.45) is 0 Å². The number of halogens is 16. The molecule has 4 unspecified atom stereocenters. The van der Waals surface area contributed by atoms with Gasteiger partial charge in [0.25, 0.3) is 11.2 Å². The molecular weight excluding hydrogens is 672 g/mol. The average Bonchev–Trinajstić information content (AvgIpc) is 2.81. The van der Waals surface area contributed by atoms with Gasteiger partial charge in [-0.2, -0.15) is 70.2 Å². The van der Waals surface area contributed by atoms with Gasteiger partial charge >= 0.3 is 48.9 Å². The molecule has 0 aromatic rings. The highest BCUT2D eigenvalue weighted by atomic mass is 19.4. The molecule has 8 nitrogen and oxygen atoms in total. The van der Waals surface area contributed by atoms with Gasteiger partial charge in [-0.25, -0.2) is 9.59 Å². The van der Waals surface area contributed by atoms with E-state index in [1.54, 1.807) is 0 Å². The Balaban J connectivity index is 6.63. The summed E-state index contributed by atoms with van der Waals surface area (Å²) >= 11 is 0. The molecule has 0 saturated carbocycles.